The van der Waals surface area contributed by atoms with Crippen LogP contribution >= 0.6 is 0 Å². The van der Waals surface area contributed by atoms with Crippen LogP contribution in [0.1, 0.15) is 29.8 Å². The van der Waals surface area contributed by atoms with Gasteiger partial charge in [-0.3, -0.25) is 4.79 Å². The van der Waals surface area contributed by atoms with Gasteiger partial charge in [0, 0.05) is 19.1 Å². The van der Waals surface area contributed by atoms with Gasteiger partial charge in [-0.25, -0.2) is 4.79 Å². The lowest BCUT2D eigenvalue weighted by atomic mass is 10.0. The van der Waals surface area contributed by atoms with Crippen LogP contribution in [0, 0.1) is 0 Å². The van der Waals surface area contributed by atoms with E-state index in [4.69, 9.17) is 9.47 Å². The smallest absolute Gasteiger partial charge is 0.335 e. The van der Waals surface area contributed by atoms with Gasteiger partial charge >= 0.3 is 5.97 Å². The molecule has 0 fully saturated rings. The predicted octanol–water partition coefficient (Wildman–Crippen LogP) is 2.01. The van der Waals surface area contributed by atoms with Crippen molar-refractivity contribution in [3.05, 3.63) is 35.4 Å². The van der Waals surface area contributed by atoms with E-state index in [1.54, 1.807) is 19.1 Å². The third kappa shape index (κ3) is 3.96. The number of carbonyl (C=O) groups is 2. The molecule has 0 saturated carbocycles. The van der Waals surface area contributed by atoms with Crippen LogP contribution in [0.15, 0.2) is 24.3 Å². The van der Waals surface area contributed by atoms with Gasteiger partial charge in [0.1, 0.15) is 0 Å². The van der Waals surface area contributed by atoms with Crippen LogP contribution in [0.5, 0.6) is 0 Å². The van der Waals surface area contributed by atoms with Gasteiger partial charge in [0.2, 0.25) is 0 Å². The van der Waals surface area contributed by atoms with Crippen molar-refractivity contribution in [1.82, 2.24) is 0 Å². The van der Waals surface area contributed by atoms with E-state index in [0.29, 0.717) is 18.6 Å². The molecule has 1 unspecified atom stereocenters. The van der Waals surface area contributed by atoms with Crippen LogP contribution in [0.3, 0.4) is 0 Å². The molecule has 0 radical (unpaired) electrons. The molecule has 0 aliphatic carbocycles. The van der Waals surface area contributed by atoms with Crippen molar-refractivity contribution in [2.75, 3.05) is 13.7 Å². The van der Waals surface area contributed by atoms with Crippen LogP contribution in [0.2, 0.25) is 0 Å². The van der Waals surface area contributed by atoms with Crippen molar-refractivity contribution >= 4 is 11.8 Å². The lowest BCUT2D eigenvalue weighted by Gasteiger charge is -2.13. The Morgan fingerprint density at radius 1 is 1.22 bits per heavy atom. The summed E-state index contributed by atoms with van der Waals surface area (Å²) in [7, 11) is 1.48. The fraction of sp³-hybridized carbons (Fsp3) is 0.429. The zero-order valence-electron chi connectivity index (χ0n) is 10.9. The lowest BCUT2D eigenvalue weighted by Crippen LogP contribution is -2.27. The topological polar surface area (TPSA) is 52.6 Å². The number of hydrogen-bond donors (Lipinski definition) is 0. The van der Waals surface area contributed by atoms with Crippen molar-refractivity contribution in [2.45, 2.75) is 26.4 Å². The summed E-state index contributed by atoms with van der Waals surface area (Å²) in [5.41, 5.74) is 1.59. The highest BCUT2D eigenvalue weighted by molar-refractivity contribution is 5.94. The van der Waals surface area contributed by atoms with Gasteiger partial charge in [-0.2, -0.15) is 0 Å². The number of methoxy groups -OCH3 is 1. The molecule has 0 aromatic heterocycles. The number of rotatable bonds is 6. The second-order valence-electron chi connectivity index (χ2n) is 3.93. The molecule has 1 atom stereocenters. The van der Waals surface area contributed by atoms with Crippen molar-refractivity contribution < 1.29 is 19.1 Å². The number of hydrogen-bond acceptors (Lipinski definition) is 4. The van der Waals surface area contributed by atoms with E-state index in [1.165, 1.54) is 14.0 Å². The van der Waals surface area contributed by atoms with Gasteiger partial charge < -0.3 is 9.47 Å². The molecule has 0 aliphatic rings. The minimum atomic E-state index is -0.604. The van der Waals surface area contributed by atoms with Crippen LogP contribution in [-0.2, 0) is 20.7 Å². The summed E-state index contributed by atoms with van der Waals surface area (Å²) in [4.78, 5) is 22.7. The zero-order chi connectivity index (χ0) is 13.5. The first-order valence-electron chi connectivity index (χ1n) is 5.87. The SMILES string of the molecule is CCOC(=O)C(Cc1ccc(C(C)=O)cc1)OC. The lowest BCUT2D eigenvalue weighted by molar-refractivity contribution is -0.154. The summed E-state index contributed by atoms with van der Waals surface area (Å²) < 4.78 is 10.0. The second-order valence-corrected chi connectivity index (χ2v) is 3.93. The maximum atomic E-state index is 11.6. The molecular weight excluding hydrogens is 232 g/mol. The molecule has 0 aliphatic heterocycles. The van der Waals surface area contributed by atoms with Crippen molar-refractivity contribution in [2.24, 2.45) is 0 Å². The molecule has 4 nitrogen and oxygen atoms in total. The fourth-order valence-corrected chi connectivity index (χ4v) is 1.59. The minimum Gasteiger partial charge on any atom is -0.464 e. The van der Waals surface area contributed by atoms with E-state index in [9.17, 15) is 9.59 Å². The van der Waals surface area contributed by atoms with E-state index < -0.39 is 6.10 Å². The summed E-state index contributed by atoms with van der Waals surface area (Å²) in [6, 6.07) is 7.13. The average Bonchev–Trinajstić information content (AvgIpc) is 2.36. The minimum absolute atomic E-state index is 0.0234. The molecular formula is C14H18O4. The monoisotopic (exact) mass is 250 g/mol. The molecule has 1 aromatic rings. The van der Waals surface area contributed by atoms with E-state index in [-0.39, 0.29) is 11.8 Å². The first-order chi connectivity index (χ1) is 8.58. The Labute approximate surface area is 107 Å². The maximum absolute atomic E-state index is 11.6. The molecule has 0 heterocycles. The largest absolute Gasteiger partial charge is 0.464 e. The summed E-state index contributed by atoms with van der Waals surface area (Å²) in [6.07, 6.45) is -0.166. The predicted molar refractivity (Wildman–Crippen MR) is 67.6 cm³/mol. The van der Waals surface area contributed by atoms with Crippen LogP contribution in [0.4, 0.5) is 0 Å². The van der Waals surface area contributed by atoms with Gasteiger partial charge in [0.25, 0.3) is 0 Å². The molecule has 98 valence electrons. The fourth-order valence-electron chi connectivity index (χ4n) is 1.59. The average molecular weight is 250 g/mol. The Balaban J connectivity index is 2.70. The number of ketones is 1. The van der Waals surface area contributed by atoms with E-state index in [1.807, 2.05) is 12.1 Å². The summed E-state index contributed by atoms with van der Waals surface area (Å²) >= 11 is 0. The highest BCUT2D eigenvalue weighted by Gasteiger charge is 2.19. The summed E-state index contributed by atoms with van der Waals surface area (Å²) in [5.74, 6) is -0.342. The van der Waals surface area contributed by atoms with Crippen molar-refractivity contribution in [3.8, 4) is 0 Å². The van der Waals surface area contributed by atoms with E-state index in [0.717, 1.165) is 5.56 Å². The third-order valence-electron chi connectivity index (χ3n) is 2.62. The molecule has 1 rings (SSSR count). The Morgan fingerprint density at radius 2 is 1.83 bits per heavy atom. The molecule has 0 spiro atoms. The Hall–Kier alpha value is -1.68. The second kappa shape index (κ2) is 6.91. The van der Waals surface area contributed by atoms with Gasteiger partial charge in [-0.05, 0) is 19.4 Å². The molecule has 0 N–H and O–H groups in total. The highest BCUT2D eigenvalue weighted by Crippen LogP contribution is 2.10. The first-order valence-corrected chi connectivity index (χ1v) is 5.87. The van der Waals surface area contributed by atoms with Crippen molar-refractivity contribution in [1.29, 1.82) is 0 Å². The number of carbonyl (C=O) groups excluding carboxylic acids is 2. The standard InChI is InChI=1S/C14H18O4/c1-4-18-14(16)13(17-3)9-11-5-7-12(8-6-11)10(2)15/h5-8,13H,4,9H2,1-3H3. The number of ether oxygens (including phenoxy) is 2. The van der Waals surface area contributed by atoms with E-state index in [2.05, 4.69) is 0 Å². The summed E-state index contributed by atoms with van der Waals surface area (Å²) in [5, 5.41) is 0. The Bertz CT molecular complexity index is 408. The molecule has 0 saturated heterocycles. The Morgan fingerprint density at radius 3 is 2.28 bits per heavy atom. The van der Waals surface area contributed by atoms with Gasteiger partial charge in [0.05, 0.1) is 6.61 Å². The van der Waals surface area contributed by atoms with Crippen LogP contribution in [0.25, 0.3) is 0 Å². The number of benzene rings is 1. The number of esters is 1. The van der Waals surface area contributed by atoms with Crippen LogP contribution in [-0.4, -0.2) is 31.6 Å². The third-order valence-corrected chi connectivity index (χ3v) is 2.62. The van der Waals surface area contributed by atoms with Gasteiger partial charge in [-0.15, -0.1) is 0 Å². The van der Waals surface area contributed by atoms with E-state index >= 15 is 0 Å². The number of Topliss-reactive ketones (excluding diaryl/α,β-unsaturated/α-hetero) is 1. The zero-order valence-corrected chi connectivity index (χ0v) is 10.9. The normalized spacial score (nSPS) is 11.9. The quantitative estimate of drug-likeness (QED) is 0.572. The molecule has 0 bridgehead atoms. The highest BCUT2D eigenvalue weighted by atomic mass is 16.6. The molecule has 1 aromatic carbocycles. The molecule has 0 amide bonds. The van der Waals surface area contributed by atoms with Crippen molar-refractivity contribution in [3.63, 3.8) is 0 Å². The first kappa shape index (κ1) is 14.4. The van der Waals surface area contributed by atoms with Crippen LogP contribution < -0.4 is 0 Å². The summed E-state index contributed by atoms with van der Waals surface area (Å²) in [6.45, 7) is 3.61. The Kier molecular flexibility index (Phi) is 5.52. The maximum Gasteiger partial charge on any atom is 0.335 e. The van der Waals surface area contributed by atoms with Gasteiger partial charge in [-0.1, -0.05) is 24.3 Å². The molecule has 4 heteroatoms. The van der Waals surface area contributed by atoms with Gasteiger partial charge in [0.15, 0.2) is 11.9 Å². The molecule has 18 heavy (non-hydrogen) atoms.